The maximum atomic E-state index is 10.6. The van der Waals surface area contributed by atoms with E-state index >= 15 is 0 Å². The Bertz CT molecular complexity index is 363. The van der Waals surface area contributed by atoms with Crippen molar-refractivity contribution in [1.82, 2.24) is 0 Å². The van der Waals surface area contributed by atoms with E-state index in [-0.39, 0.29) is 24.6 Å². The molecule has 1 unspecified atom stereocenters. The molecule has 0 amide bonds. The van der Waals surface area contributed by atoms with E-state index in [1.165, 1.54) is 0 Å². The molecule has 0 radical (unpaired) electrons. The molecule has 15 heavy (non-hydrogen) atoms. The zero-order valence-electron chi connectivity index (χ0n) is 8.60. The van der Waals surface area contributed by atoms with E-state index in [0.717, 1.165) is 5.56 Å². The molecule has 1 aromatic carbocycles. The minimum atomic E-state index is -0.881. The van der Waals surface area contributed by atoms with Crippen molar-refractivity contribution in [1.29, 1.82) is 0 Å². The van der Waals surface area contributed by atoms with Gasteiger partial charge in [-0.2, -0.15) is 0 Å². The average Bonchev–Trinajstić information content (AvgIpc) is 2.19. The maximum absolute atomic E-state index is 10.6. The highest BCUT2D eigenvalue weighted by Crippen LogP contribution is 2.27. The normalized spacial score (nSPS) is 12.4. The van der Waals surface area contributed by atoms with Crippen LogP contribution in [0.15, 0.2) is 18.2 Å². The molecule has 0 aromatic heterocycles. The molecule has 1 rings (SSSR count). The lowest BCUT2D eigenvalue weighted by molar-refractivity contribution is -0.137. The van der Waals surface area contributed by atoms with Gasteiger partial charge in [-0.3, -0.25) is 4.79 Å². The Balaban J connectivity index is 3.01. The van der Waals surface area contributed by atoms with Crippen molar-refractivity contribution < 1.29 is 15.0 Å². The van der Waals surface area contributed by atoms with Crippen LogP contribution >= 0.6 is 0 Å². The zero-order valence-corrected chi connectivity index (χ0v) is 8.60. The number of phenolic OH excluding ortho intramolecular Hbond substituents is 1. The van der Waals surface area contributed by atoms with Gasteiger partial charge in [-0.25, -0.2) is 0 Å². The summed E-state index contributed by atoms with van der Waals surface area (Å²) < 4.78 is 0. The van der Waals surface area contributed by atoms with E-state index in [2.05, 4.69) is 0 Å². The van der Waals surface area contributed by atoms with E-state index in [9.17, 15) is 9.90 Å². The van der Waals surface area contributed by atoms with Gasteiger partial charge in [-0.15, -0.1) is 0 Å². The van der Waals surface area contributed by atoms with Crippen molar-refractivity contribution in [3.05, 3.63) is 29.3 Å². The zero-order chi connectivity index (χ0) is 11.4. The molecule has 1 aromatic rings. The first-order valence-corrected chi connectivity index (χ1v) is 4.76. The fourth-order valence-corrected chi connectivity index (χ4v) is 1.61. The second-order valence-corrected chi connectivity index (χ2v) is 3.52. The molecule has 0 aliphatic rings. The summed E-state index contributed by atoms with van der Waals surface area (Å²) in [6, 6.07) is 5.07. The van der Waals surface area contributed by atoms with Crippen LogP contribution in [0.3, 0.4) is 0 Å². The number of aliphatic carboxylic acids is 1. The number of rotatable bonds is 4. The van der Waals surface area contributed by atoms with E-state index in [4.69, 9.17) is 10.8 Å². The van der Waals surface area contributed by atoms with E-state index < -0.39 is 5.97 Å². The van der Waals surface area contributed by atoms with Crippen LogP contribution in [-0.2, 0) is 4.79 Å². The highest BCUT2D eigenvalue weighted by molar-refractivity contribution is 5.68. The van der Waals surface area contributed by atoms with Gasteiger partial charge in [0, 0.05) is 5.92 Å². The molecule has 4 heteroatoms. The van der Waals surface area contributed by atoms with Crippen LogP contribution in [0.5, 0.6) is 5.75 Å². The van der Waals surface area contributed by atoms with Gasteiger partial charge in [0.15, 0.2) is 0 Å². The number of phenols is 1. The Morgan fingerprint density at radius 2 is 2.20 bits per heavy atom. The third kappa shape index (κ3) is 2.70. The van der Waals surface area contributed by atoms with Crippen LogP contribution in [0.4, 0.5) is 0 Å². The number of aromatic hydroxyl groups is 1. The Morgan fingerprint density at radius 3 is 2.73 bits per heavy atom. The Morgan fingerprint density at radius 1 is 1.53 bits per heavy atom. The Labute approximate surface area is 88.3 Å². The topological polar surface area (TPSA) is 83.5 Å². The molecule has 0 fully saturated rings. The van der Waals surface area contributed by atoms with Gasteiger partial charge in [0.25, 0.3) is 0 Å². The molecular weight excluding hydrogens is 194 g/mol. The highest BCUT2D eigenvalue weighted by Gasteiger charge is 2.16. The molecular formula is C11H15NO3. The Kier molecular flexibility index (Phi) is 3.68. The lowest BCUT2D eigenvalue weighted by Gasteiger charge is -2.16. The summed E-state index contributed by atoms with van der Waals surface area (Å²) >= 11 is 0. The fraction of sp³-hybridized carbons (Fsp3) is 0.364. The lowest BCUT2D eigenvalue weighted by Crippen LogP contribution is -2.17. The summed E-state index contributed by atoms with van der Waals surface area (Å²) in [6.45, 7) is 2.02. The number of carbonyl (C=O) groups is 1. The van der Waals surface area contributed by atoms with Gasteiger partial charge >= 0.3 is 5.97 Å². The first kappa shape index (κ1) is 11.5. The summed E-state index contributed by atoms with van der Waals surface area (Å²) in [6.07, 6.45) is -0.0131. The first-order chi connectivity index (χ1) is 7.06. The molecule has 0 bridgehead atoms. The molecule has 4 nitrogen and oxygen atoms in total. The summed E-state index contributed by atoms with van der Waals surface area (Å²) in [5.41, 5.74) is 7.04. The van der Waals surface area contributed by atoms with Crippen molar-refractivity contribution >= 4 is 5.97 Å². The van der Waals surface area contributed by atoms with Crippen LogP contribution in [0.1, 0.15) is 23.5 Å². The van der Waals surface area contributed by atoms with Crippen molar-refractivity contribution in [2.75, 3.05) is 6.54 Å². The monoisotopic (exact) mass is 209 g/mol. The van der Waals surface area contributed by atoms with Crippen molar-refractivity contribution in [3.63, 3.8) is 0 Å². The van der Waals surface area contributed by atoms with Gasteiger partial charge in [0.05, 0.1) is 6.42 Å². The summed E-state index contributed by atoms with van der Waals surface area (Å²) in [5.74, 6) is -0.945. The molecule has 82 valence electrons. The Hall–Kier alpha value is -1.55. The second kappa shape index (κ2) is 4.79. The van der Waals surface area contributed by atoms with Crippen LogP contribution < -0.4 is 5.73 Å². The fourth-order valence-electron chi connectivity index (χ4n) is 1.61. The van der Waals surface area contributed by atoms with E-state index in [1.807, 2.05) is 0 Å². The van der Waals surface area contributed by atoms with Crippen LogP contribution in [0, 0.1) is 6.92 Å². The highest BCUT2D eigenvalue weighted by atomic mass is 16.4. The van der Waals surface area contributed by atoms with Crippen LogP contribution in [-0.4, -0.2) is 22.7 Å². The predicted octanol–water partition coefficient (Wildman–Crippen LogP) is 1.22. The SMILES string of the molecule is Cc1c(O)cccc1C(CN)CC(=O)O. The average molecular weight is 209 g/mol. The summed E-state index contributed by atoms with van der Waals surface area (Å²) in [7, 11) is 0. The van der Waals surface area contributed by atoms with Gasteiger partial charge < -0.3 is 15.9 Å². The molecule has 0 aliphatic carbocycles. The third-order valence-corrected chi connectivity index (χ3v) is 2.49. The minimum Gasteiger partial charge on any atom is -0.508 e. The molecule has 1 atom stereocenters. The largest absolute Gasteiger partial charge is 0.508 e. The number of carboxylic acid groups (broad SMARTS) is 1. The first-order valence-electron chi connectivity index (χ1n) is 4.76. The molecule has 0 saturated carbocycles. The van der Waals surface area contributed by atoms with Gasteiger partial charge in [0.1, 0.15) is 5.75 Å². The third-order valence-electron chi connectivity index (χ3n) is 2.49. The van der Waals surface area contributed by atoms with Crippen molar-refractivity contribution in [2.45, 2.75) is 19.3 Å². The summed E-state index contributed by atoms with van der Waals surface area (Å²) in [5, 5.41) is 18.2. The summed E-state index contributed by atoms with van der Waals surface area (Å²) in [4.78, 5) is 10.6. The van der Waals surface area contributed by atoms with E-state index in [0.29, 0.717) is 5.56 Å². The molecule has 0 saturated heterocycles. The quantitative estimate of drug-likeness (QED) is 0.696. The number of hydrogen-bond donors (Lipinski definition) is 3. The maximum Gasteiger partial charge on any atom is 0.304 e. The number of hydrogen-bond acceptors (Lipinski definition) is 3. The molecule has 0 spiro atoms. The molecule has 0 heterocycles. The van der Waals surface area contributed by atoms with Gasteiger partial charge in [-0.05, 0) is 30.7 Å². The number of carboxylic acids is 1. The lowest BCUT2D eigenvalue weighted by atomic mass is 9.92. The van der Waals surface area contributed by atoms with Gasteiger partial charge in [0.2, 0.25) is 0 Å². The minimum absolute atomic E-state index is 0.0131. The van der Waals surface area contributed by atoms with E-state index in [1.54, 1.807) is 25.1 Å². The van der Waals surface area contributed by atoms with Crippen molar-refractivity contribution in [3.8, 4) is 5.75 Å². The van der Waals surface area contributed by atoms with Crippen molar-refractivity contribution in [2.24, 2.45) is 5.73 Å². The number of nitrogens with two attached hydrogens (primary N) is 1. The molecule has 0 aliphatic heterocycles. The van der Waals surface area contributed by atoms with Crippen LogP contribution in [0.2, 0.25) is 0 Å². The smallest absolute Gasteiger partial charge is 0.304 e. The standard InChI is InChI=1S/C11H15NO3/c1-7-9(3-2-4-10(7)13)8(6-12)5-11(14)15/h2-4,8,13H,5-6,12H2,1H3,(H,14,15). The van der Waals surface area contributed by atoms with Crippen LogP contribution in [0.25, 0.3) is 0 Å². The predicted molar refractivity (Wildman–Crippen MR) is 56.9 cm³/mol. The van der Waals surface area contributed by atoms with Gasteiger partial charge in [-0.1, -0.05) is 12.1 Å². The second-order valence-electron chi connectivity index (χ2n) is 3.52. The molecule has 4 N–H and O–H groups in total. The number of benzene rings is 1.